The molecule has 12 heavy (non-hydrogen) atoms. The Labute approximate surface area is 91.3 Å². The summed E-state index contributed by atoms with van der Waals surface area (Å²) in [5.41, 5.74) is 1.54. The first kappa shape index (κ1) is 8.88. The molecule has 0 aromatic heterocycles. The summed E-state index contributed by atoms with van der Waals surface area (Å²) in [4.78, 5) is 1.49. The predicted octanol–water partition coefficient (Wildman–Crippen LogP) is 3.88. The van der Waals surface area contributed by atoms with Gasteiger partial charge in [-0.25, -0.2) is 0 Å². The molecule has 1 aromatic rings. The van der Waals surface area contributed by atoms with Crippen LogP contribution in [0, 0.1) is 0 Å². The highest BCUT2D eigenvalue weighted by Crippen LogP contribution is 2.36. The van der Waals surface area contributed by atoms with E-state index in [-0.39, 0.29) is 0 Å². The Morgan fingerprint density at radius 2 is 2.17 bits per heavy atom. The van der Waals surface area contributed by atoms with Crippen LogP contribution < -0.4 is 0 Å². The molecule has 1 atom stereocenters. The molecule has 0 N–H and O–H groups in total. The van der Waals surface area contributed by atoms with Gasteiger partial charge in [0.05, 0.1) is 3.26 Å². The van der Waals surface area contributed by atoms with Crippen molar-refractivity contribution in [2.45, 2.75) is 27.4 Å². The Balaban J connectivity index is 2.31. The molecule has 1 unspecified atom stereocenters. The molecule has 0 radical (unpaired) electrons. The van der Waals surface area contributed by atoms with Crippen LogP contribution in [0.4, 0.5) is 0 Å². The summed E-state index contributed by atoms with van der Waals surface area (Å²) >= 11 is 4.56. The molecule has 0 saturated carbocycles. The zero-order valence-electron chi connectivity index (χ0n) is 6.79. The summed E-state index contributed by atoms with van der Waals surface area (Å²) in [7, 11) is 0. The van der Waals surface area contributed by atoms with Crippen molar-refractivity contribution in [1.82, 2.24) is 0 Å². The Morgan fingerprint density at radius 1 is 1.33 bits per heavy atom. The number of fused-ring (bicyclic) bond motifs is 1. The lowest BCUT2D eigenvalue weighted by Crippen LogP contribution is -1.86. The standard InChI is InChI=1S/C10H11IS/c11-10-7-3-5-8-4-1-2-6-9(8)12-10/h1-2,4,6,10H,3,5,7H2. The van der Waals surface area contributed by atoms with E-state index in [2.05, 4.69) is 46.9 Å². The largest absolute Gasteiger partial charge is 0.112 e. The molecule has 1 heterocycles. The number of thioether (sulfide) groups is 1. The maximum absolute atomic E-state index is 2.54. The Morgan fingerprint density at radius 3 is 3.08 bits per heavy atom. The van der Waals surface area contributed by atoms with Crippen molar-refractivity contribution in [1.29, 1.82) is 0 Å². The third kappa shape index (κ3) is 1.96. The lowest BCUT2D eigenvalue weighted by Gasteiger charge is -2.05. The number of hydrogen-bond acceptors (Lipinski definition) is 1. The molecule has 0 bridgehead atoms. The van der Waals surface area contributed by atoms with E-state index in [1.54, 1.807) is 5.56 Å². The molecule has 0 saturated heterocycles. The van der Waals surface area contributed by atoms with E-state index in [4.69, 9.17) is 0 Å². The highest BCUT2D eigenvalue weighted by Gasteiger charge is 2.13. The minimum Gasteiger partial charge on any atom is -0.112 e. The first-order chi connectivity index (χ1) is 5.86. The van der Waals surface area contributed by atoms with Crippen molar-refractivity contribution in [2.75, 3.05) is 0 Å². The van der Waals surface area contributed by atoms with Crippen LogP contribution in [0.25, 0.3) is 0 Å². The highest BCUT2D eigenvalue weighted by atomic mass is 127. The van der Waals surface area contributed by atoms with Gasteiger partial charge in [0.25, 0.3) is 0 Å². The van der Waals surface area contributed by atoms with E-state index in [1.165, 1.54) is 24.2 Å². The van der Waals surface area contributed by atoms with Crippen molar-refractivity contribution in [3.63, 3.8) is 0 Å². The minimum atomic E-state index is 0.770. The number of halogens is 1. The van der Waals surface area contributed by atoms with E-state index < -0.39 is 0 Å². The predicted molar refractivity (Wildman–Crippen MR) is 63.0 cm³/mol. The first-order valence-electron chi connectivity index (χ1n) is 4.25. The molecule has 2 heteroatoms. The lowest BCUT2D eigenvalue weighted by atomic mass is 10.1. The van der Waals surface area contributed by atoms with Crippen LogP contribution in [0.2, 0.25) is 0 Å². The molecule has 1 aliphatic rings. The van der Waals surface area contributed by atoms with Gasteiger partial charge < -0.3 is 0 Å². The first-order valence-corrected chi connectivity index (χ1v) is 6.37. The van der Waals surface area contributed by atoms with Crippen LogP contribution in [0.1, 0.15) is 18.4 Å². The fourth-order valence-electron chi connectivity index (χ4n) is 1.48. The summed E-state index contributed by atoms with van der Waals surface area (Å²) < 4.78 is 0.770. The second kappa shape index (κ2) is 4.01. The lowest BCUT2D eigenvalue weighted by molar-refractivity contribution is 0.796. The van der Waals surface area contributed by atoms with Crippen molar-refractivity contribution in [3.05, 3.63) is 29.8 Å². The SMILES string of the molecule is IC1CCCc2ccccc2S1. The Bertz CT molecular complexity index is 272. The summed E-state index contributed by atoms with van der Waals surface area (Å²) in [6.07, 6.45) is 3.96. The number of benzene rings is 1. The Kier molecular flexibility index (Phi) is 2.96. The summed E-state index contributed by atoms with van der Waals surface area (Å²) in [5.74, 6) is 0. The molecular weight excluding hydrogens is 279 g/mol. The van der Waals surface area contributed by atoms with Gasteiger partial charge in [0.2, 0.25) is 0 Å². The van der Waals surface area contributed by atoms with Gasteiger partial charge in [-0.1, -0.05) is 40.8 Å². The quantitative estimate of drug-likeness (QED) is 0.516. The van der Waals surface area contributed by atoms with Crippen LogP contribution in [0.3, 0.4) is 0 Å². The maximum atomic E-state index is 2.54. The molecular formula is C10H11IS. The maximum Gasteiger partial charge on any atom is 0.0611 e. The molecule has 2 rings (SSSR count). The van der Waals surface area contributed by atoms with Crippen molar-refractivity contribution < 1.29 is 0 Å². The summed E-state index contributed by atoms with van der Waals surface area (Å²) in [6, 6.07) is 8.79. The van der Waals surface area contributed by atoms with Crippen LogP contribution in [-0.2, 0) is 6.42 Å². The molecule has 1 aromatic carbocycles. The van der Waals surface area contributed by atoms with Gasteiger partial charge in [-0.15, -0.1) is 11.8 Å². The van der Waals surface area contributed by atoms with Crippen LogP contribution in [0.5, 0.6) is 0 Å². The van der Waals surface area contributed by atoms with Gasteiger partial charge in [0, 0.05) is 4.90 Å². The molecule has 0 fully saturated rings. The third-order valence-electron chi connectivity index (χ3n) is 2.10. The van der Waals surface area contributed by atoms with Crippen molar-refractivity contribution in [2.24, 2.45) is 0 Å². The highest BCUT2D eigenvalue weighted by molar-refractivity contribution is 14.1. The summed E-state index contributed by atoms with van der Waals surface area (Å²) in [6.45, 7) is 0. The van der Waals surface area contributed by atoms with E-state index in [9.17, 15) is 0 Å². The van der Waals surface area contributed by atoms with Crippen LogP contribution in [0.15, 0.2) is 29.2 Å². The second-order valence-corrected chi connectivity index (χ2v) is 6.62. The van der Waals surface area contributed by atoms with E-state index in [0.29, 0.717) is 0 Å². The molecule has 0 amide bonds. The van der Waals surface area contributed by atoms with E-state index in [1.807, 2.05) is 11.8 Å². The zero-order valence-corrected chi connectivity index (χ0v) is 9.77. The molecule has 0 spiro atoms. The fraction of sp³-hybridized carbons (Fsp3) is 0.400. The molecule has 64 valence electrons. The zero-order chi connectivity index (χ0) is 8.39. The number of aryl methyl sites for hydroxylation is 1. The molecule has 0 nitrogen and oxygen atoms in total. The van der Waals surface area contributed by atoms with Gasteiger partial charge in [-0.3, -0.25) is 0 Å². The van der Waals surface area contributed by atoms with Gasteiger partial charge in [0.15, 0.2) is 0 Å². The molecule has 1 aliphatic heterocycles. The van der Waals surface area contributed by atoms with E-state index in [0.717, 1.165) is 3.26 Å². The number of rotatable bonds is 0. The van der Waals surface area contributed by atoms with Crippen LogP contribution >= 0.6 is 34.4 Å². The topological polar surface area (TPSA) is 0 Å². The van der Waals surface area contributed by atoms with Gasteiger partial charge in [0.1, 0.15) is 0 Å². The minimum absolute atomic E-state index is 0.770. The van der Waals surface area contributed by atoms with Crippen molar-refractivity contribution in [3.8, 4) is 0 Å². The van der Waals surface area contributed by atoms with Gasteiger partial charge in [-0.05, 0) is 30.9 Å². The average Bonchev–Trinajstić information content (AvgIpc) is 2.25. The molecule has 0 aliphatic carbocycles. The smallest absolute Gasteiger partial charge is 0.0611 e. The Hall–Kier alpha value is 0.300. The summed E-state index contributed by atoms with van der Waals surface area (Å²) in [5, 5.41) is 0. The third-order valence-corrected chi connectivity index (χ3v) is 4.63. The van der Waals surface area contributed by atoms with Crippen molar-refractivity contribution >= 4 is 34.4 Å². The average molecular weight is 290 g/mol. The fourth-order valence-corrected chi connectivity index (χ4v) is 3.78. The number of alkyl halides is 1. The van der Waals surface area contributed by atoms with Crippen LogP contribution in [-0.4, -0.2) is 3.26 Å². The van der Waals surface area contributed by atoms with Gasteiger partial charge >= 0.3 is 0 Å². The number of hydrogen-bond donors (Lipinski definition) is 0. The monoisotopic (exact) mass is 290 g/mol. The van der Waals surface area contributed by atoms with Gasteiger partial charge in [-0.2, -0.15) is 0 Å². The van der Waals surface area contributed by atoms with E-state index >= 15 is 0 Å². The normalized spacial score (nSPS) is 22.9. The second-order valence-electron chi connectivity index (χ2n) is 3.03.